The molecule has 0 atom stereocenters. The molecule has 1 rings (SSSR count). The number of carboxylic acid groups (broad SMARTS) is 1. The summed E-state index contributed by atoms with van der Waals surface area (Å²) in [5.74, 6) is -0.202. The minimum Gasteiger partial charge on any atom is -0.478 e. The van der Waals surface area contributed by atoms with Crippen LogP contribution in [-0.4, -0.2) is 29.6 Å². The maximum Gasteiger partial charge on any atom is 0.328 e. The molecule has 0 saturated carbocycles. The zero-order valence-electron chi connectivity index (χ0n) is 12.0. The van der Waals surface area contributed by atoms with Gasteiger partial charge in [0.15, 0.2) is 0 Å². The molecule has 1 aromatic carbocycles. The van der Waals surface area contributed by atoms with E-state index in [2.05, 4.69) is 31.9 Å². The Labute approximate surface area is 115 Å². The molecule has 104 valence electrons. The van der Waals surface area contributed by atoms with E-state index in [0.29, 0.717) is 5.92 Å². The van der Waals surface area contributed by atoms with Crippen molar-refractivity contribution in [3.05, 3.63) is 41.5 Å². The summed E-state index contributed by atoms with van der Waals surface area (Å²) in [6, 6.07) is 7.99. The van der Waals surface area contributed by atoms with Crippen molar-refractivity contribution in [3.8, 4) is 0 Å². The number of rotatable bonds is 7. The largest absolute Gasteiger partial charge is 0.478 e. The van der Waals surface area contributed by atoms with Gasteiger partial charge in [-0.15, -0.1) is 0 Å². The van der Waals surface area contributed by atoms with Gasteiger partial charge in [-0.3, -0.25) is 0 Å². The maximum absolute atomic E-state index is 10.5. The third-order valence-electron chi connectivity index (χ3n) is 2.91. The lowest BCUT2D eigenvalue weighted by molar-refractivity contribution is -0.131. The van der Waals surface area contributed by atoms with Crippen LogP contribution in [0, 0.1) is 5.92 Å². The molecule has 0 bridgehead atoms. The molecule has 1 N–H and O–H groups in total. The summed E-state index contributed by atoms with van der Waals surface area (Å²) in [6.45, 7) is 6.42. The number of aliphatic carboxylic acids is 1. The van der Waals surface area contributed by atoms with Crippen LogP contribution in [0.3, 0.4) is 0 Å². The molecule has 0 fully saturated rings. The van der Waals surface area contributed by atoms with Crippen molar-refractivity contribution < 1.29 is 9.90 Å². The lowest BCUT2D eigenvalue weighted by Gasteiger charge is -2.18. The zero-order valence-corrected chi connectivity index (χ0v) is 12.0. The fraction of sp³-hybridized carbons (Fsp3) is 0.438. The molecule has 3 heteroatoms. The van der Waals surface area contributed by atoms with Gasteiger partial charge < -0.3 is 10.0 Å². The van der Waals surface area contributed by atoms with Crippen LogP contribution in [0.15, 0.2) is 30.3 Å². The van der Waals surface area contributed by atoms with Gasteiger partial charge in [0, 0.05) is 12.6 Å². The molecular formula is C16H23NO2. The second-order valence-electron chi connectivity index (χ2n) is 5.34. The van der Waals surface area contributed by atoms with Crippen molar-refractivity contribution in [2.75, 3.05) is 13.6 Å². The summed E-state index contributed by atoms with van der Waals surface area (Å²) in [6.07, 6.45) is 3.98. The number of benzene rings is 1. The van der Waals surface area contributed by atoms with E-state index in [9.17, 15) is 4.79 Å². The number of nitrogens with zero attached hydrogens (tertiary/aromatic N) is 1. The Hall–Kier alpha value is -1.61. The normalized spacial score (nSPS) is 11.6. The lowest BCUT2D eigenvalue weighted by atomic mass is 10.1. The van der Waals surface area contributed by atoms with E-state index in [1.807, 2.05) is 18.2 Å². The Morgan fingerprint density at radius 2 is 2.16 bits per heavy atom. The average molecular weight is 261 g/mol. The fourth-order valence-corrected chi connectivity index (χ4v) is 1.83. The Morgan fingerprint density at radius 3 is 2.79 bits per heavy atom. The Morgan fingerprint density at radius 1 is 1.42 bits per heavy atom. The third-order valence-corrected chi connectivity index (χ3v) is 2.91. The van der Waals surface area contributed by atoms with Gasteiger partial charge in [-0.05, 0) is 43.1 Å². The minimum atomic E-state index is -0.917. The van der Waals surface area contributed by atoms with E-state index in [1.54, 1.807) is 6.08 Å². The van der Waals surface area contributed by atoms with Crippen LogP contribution in [0.2, 0.25) is 0 Å². The Kier molecular flexibility index (Phi) is 6.30. The molecule has 3 nitrogen and oxygen atoms in total. The third kappa shape index (κ3) is 6.77. The summed E-state index contributed by atoms with van der Waals surface area (Å²) >= 11 is 0. The van der Waals surface area contributed by atoms with Crippen molar-refractivity contribution in [1.29, 1.82) is 0 Å². The molecule has 1 aromatic rings. The molecule has 19 heavy (non-hydrogen) atoms. The van der Waals surface area contributed by atoms with Gasteiger partial charge in [0.05, 0.1) is 0 Å². The first-order valence-electron chi connectivity index (χ1n) is 6.66. The smallest absolute Gasteiger partial charge is 0.328 e. The van der Waals surface area contributed by atoms with Gasteiger partial charge in [-0.2, -0.15) is 0 Å². The van der Waals surface area contributed by atoms with E-state index in [4.69, 9.17) is 5.11 Å². The molecule has 0 aliphatic carbocycles. The van der Waals surface area contributed by atoms with Crippen molar-refractivity contribution in [2.24, 2.45) is 5.92 Å². The van der Waals surface area contributed by atoms with Crippen LogP contribution < -0.4 is 0 Å². The molecular weight excluding hydrogens is 238 g/mol. The predicted octanol–water partition coefficient (Wildman–Crippen LogP) is 3.26. The van der Waals surface area contributed by atoms with Crippen molar-refractivity contribution in [3.63, 3.8) is 0 Å². The van der Waals surface area contributed by atoms with Gasteiger partial charge in [0.1, 0.15) is 0 Å². The highest BCUT2D eigenvalue weighted by Gasteiger charge is 2.02. The van der Waals surface area contributed by atoms with E-state index in [-0.39, 0.29) is 0 Å². The van der Waals surface area contributed by atoms with Crippen LogP contribution in [0.4, 0.5) is 0 Å². The molecule has 0 radical (unpaired) electrons. The van der Waals surface area contributed by atoms with Crippen molar-refractivity contribution in [1.82, 2.24) is 4.90 Å². The molecule has 0 aliphatic rings. The van der Waals surface area contributed by atoms with E-state index >= 15 is 0 Å². The first kappa shape index (κ1) is 15.4. The summed E-state index contributed by atoms with van der Waals surface area (Å²) in [5.41, 5.74) is 2.14. The van der Waals surface area contributed by atoms with Gasteiger partial charge in [-0.1, -0.05) is 38.1 Å². The van der Waals surface area contributed by atoms with Crippen molar-refractivity contribution >= 4 is 12.0 Å². The number of hydrogen-bond acceptors (Lipinski definition) is 2. The molecule has 0 aromatic heterocycles. The molecule has 0 unspecified atom stereocenters. The van der Waals surface area contributed by atoms with Crippen LogP contribution in [0.1, 0.15) is 31.4 Å². The second-order valence-corrected chi connectivity index (χ2v) is 5.34. The molecule has 0 aliphatic heterocycles. The minimum absolute atomic E-state index is 0.715. The zero-order chi connectivity index (χ0) is 14.3. The summed E-state index contributed by atoms with van der Waals surface area (Å²) in [5, 5.41) is 8.62. The summed E-state index contributed by atoms with van der Waals surface area (Å²) in [7, 11) is 2.11. The highest BCUT2D eigenvalue weighted by Crippen LogP contribution is 2.10. The monoisotopic (exact) mass is 261 g/mol. The fourth-order valence-electron chi connectivity index (χ4n) is 1.83. The standard InChI is InChI=1S/C16H23NO2/c1-13(2)9-10-17(3)12-15-6-4-5-14(11-15)7-8-16(18)19/h4-8,11,13H,9-10,12H2,1-3H3,(H,18,19). The first-order valence-corrected chi connectivity index (χ1v) is 6.66. The summed E-state index contributed by atoms with van der Waals surface area (Å²) < 4.78 is 0. The van der Waals surface area contributed by atoms with Gasteiger partial charge in [0.25, 0.3) is 0 Å². The van der Waals surface area contributed by atoms with Gasteiger partial charge in [-0.25, -0.2) is 4.79 Å². The van der Waals surface area contributed by atoms with E-state index in [0.717, 1.165) is 18.7 Å². The lowest BCUT2D eigenvalue weighted by Crippen LogP contribution is -2.20. The number of carbonyl (C=O) groups is 1. The van der Waals surface area contributed by atoms with E-state index < -0.39 is 5.97 Å². The predicted molar refractivity (Wildman–Crippen MR) is 78.9 cm³/mol. The van der Waals surface area contributed by atoms with E-state index in [1.165, 1.54) is 18.1 Å². The first-order chi connectivity index (χ1) is 8.97. The molecule has 0 heterocycles. The molecule has 0 amide bonds. The van der Waals surface area contributed by atoms with Crippen LogP contribution in [0.25, 0.3) is 6.08 Å². The highest BCUT2D eigenvalue weighted by molar-refractivity contribution is 5.85. The maximum atomic E-state index is 10.5. The van der Waals surface area contributed by atoms with Gasteiger partial charge in [0.2, 0.25) is 0 Å². The second kappa shape index (κ2) is 7.74. The quantitative estimate of drug-likeness (QED) is 0.766. The Balaban J connectivity index is 2.59. The van der Waals surface area contributed by atoms with Crippen molar-refractivity contribution in [2.45, 2.75) is 26.8 Å². The SMILES string of the molecule is CC(C)CCN(C)Cc1cccc(C=CC(=O)O)c1. The molecule has 0 saturated heterocycles. The highest BCUT2D eigenvalue weighted by atomic mass is 16.4. The number of carboxylic acids is 1. The summed E-state index contributed by atoms with van der Waals surface area (Å²) in [4.78, 5) is 12.8. The molecule has 0 spiro atoms. The number of hydrogen-bond donors (Lipinski definition) is 1. The van der Waals surface area contributed by atoms with Crippen LogP contribution in [0.5, 0.6) is 0 Å². The average Bonchev–Trinajstić information content (AvgIpc) is 2.34. The van der Waals surface area contributed by atoms with Gasteiger partial charge >= 0.3 is 5.97 Å². The topological polar surface area (TPSA) is 40.5 Å². The van der Waals surface area contributed by atoms with Crippen LogP contribution in [-0.2, 0) is 11.3 Å². The van der Waals surface area contributed by atoms with Crippen LogP contribution >= 0.6 is 0 Å². The Bertz CT molecular complexity index is 438.